The van der Waals surface area contributed by atoms with E-state index in [1.165, 1.54) is 6.20 Å². The maximum atomic E-state index is 8.80. The van der Waals surface area contributed by atoms with Gasteiger partial charge in [0.05, 0.1) is 29.9 Å². The monoisotopic (exact) mass is 281 g/mol. The second-order valence-electron chi connectivity index (χ2n) is 4.45. The Balaban J connectivity index is 2.07. The molecule has 19 heavy (non-hydrogen) atoms. The number of halogens is 1. The van der Waals surface area contributed by atoms with Crippen molar-refractivity contribution in [2.45, 2.75) is 18.9 Å². The highest BCUT2D eigenvalue weighted by Gasteiger charge is 2.23. The molecule has 1 aliphatic heterocycles. The molecule has 0 bridgehead atoms. The van der Waals surface area contributed by atoms with Gasteiger partial charge in [0.1, 0.15) is 11.9 Å². The van der Waals surface area contributed by atoms with Crippen LogP contribution in [0.25, 0.3) is 0 Å². The minimum atomic E-state index is 0.0341. The van der Waals surface area contributed by atoms with Crippen molar-refractivity contribution in [2.75, 3.05) is 31.2 Å². The van der Waals surface area contributed by atoms with Crippen molar-refractivity contribution < 1.29 is 9.84 Å². The molecule has 1 aliphatic rings. The molecule has 0 saturated carbocycles. The number of hydrogen-bond acceptors (Lipinski definition) is 5. The lowest BCUT2D eigenvalue weighted by Gasteiger charge is -2.33. The van der Waals surface area contributed by atoms with E-state index in [1.54, 1.807) is 6.07 Å². The quantitative estimate of drug-likeness (QED) is 0.907. The molecule has 1 aromatic heterocycles. The zero-order chi connectivity index (χ0) is 13.7. The Kier molecular flexibility index (Phi) is 4.97. The molecule has 102 valence electrons. The molecule has 1 saturated heterocycles. The van der Waals surface area contributed by atoms with Crippen LogP contribution in [0, 0.1) is 11.3 Å². The van der Waals surface area contributed by atoms with Gasteiger partial charge in [-0.3, -0.25) is 0 Å². The lowest BCUT2D eigenvalue weighted by atomic mass is 10.1. The first kappa shape index (κ1) is 14.1. The van der Waals surface area contributed by atoms with Crippen molar-refractivity contribution >= 4 is 17.4 Å². The number of nitriles is 1. The van der Waals surface area contributed by atoms with Gasteiger partial charge in [0.25, 0.3) is 0 Å². The van der Waals surface area contributed by atoms with Crippen LogP contribution in [0.15, 0.2) is 12.3 Å². The Hall–Kier alpha value is -1.35. The van der Waals surface area contributed by atoms with Gasteiger partial charge < -0.3 is 14.7 Å². The Morgan fingerprint density at radius 1 is 1.63 bits per heavy atom. The maximum Gasteiger partial charge on any atom is 0.147 e. The molecule has 0 spiro atoms. The van der Waals surface area contributed by atoms with Crippen LogP contribution in [0.4, 0.5) is 5.82 Å². The lowest BCUT2D eigenvalue weighted by Crippen LogP contribution is -2.40. The fourth-order valence-corrected chi connectivity index (χ4v) is 2.50. The van der Waals surface area contributed by atoms with E-state index in [2.05, 4.69) is 9.88 Å². The summed E-state index contributed by atoms with van der Waals surface area (Å²) in [6.07, 6.45) is 3.59. The summed E-state index contributed by atoms with van der Waals surface area (Å²) in [5, 5.41) is 18.1. The van der Waals surface area contributed by atoms with Crippen LogP contribution >= 0.6 is 11.6 Å². The van der Waals surface area contributed by atoms with E-state index in [0.29, 0.717) is 29.6 Å². The SMILES string of the molecule is N#Cc1cnc(N2CCCC(OCCO)C2)c(Cl)c1. The fraction of sp³-hybridized carbons (Fsp3) is 0.538. The van der Waals surface area contributed by atoms with Crippen LogP contribution < -0.4 is 4.90 Å². The highest BCUT2D eigenvalue weighted by Crippen LogP contribution is 2.27. The smallest absolute Gasteiger partial charge is 0.147 e. The number of pyridine rings is 1. The van der Waals surface area contributed by atoms with Crippen LogP contribution in [0.3, 0.4) is 0 Å². The third-order valence-corrected chi connectivity index (χ3v) is 3.35. The van der Waals surface area contributed by atoms with Crippen molar-refractivity contribution in [3.8, 4) is 6.07 Å². The average molecular weight is 282 g/mol. The van der Waals surface area contributed by atoms with E-state index in [0.717, 1.165) is 19.4 Å². The van der Waals surface area contributed by atoms with Gasteiger partial charge in [0.2, 0.25) is 0 Å². The summed E-state index contributed by atoms with van der Waals surface area (Å²) in [7, 11) is 0. The number of nitrogens with zero attached hydrogens (tertiary/aromatic N) is 3. The number of aromatic nitrogens is 1. The molecule has 2 heterocycles. The Bertz CT molecular complexity index is 475. The molecule has 0 amide bonds. The minimum absolute atomic E-state index is 0.0341. The molecule has 0 radical (unpaired) electrons. The summed E-state index contributed by atoms with van der Waals surface area (Å²) in [5.74, 6) is 0.693. The molecule has 0 aromatic carbocycles. The number of ether oxygens (including phenoxy) is 1. The topological polar surface area (TPSA) is 69.4 Å². The van der Waals surface area contributed by atoms with Crippen molar-refractivity contribution in [2.24, 2.45) is 0 Å². The van der Waals surface area contributed by atoms with Crippen LogP contribution in [0.5, 0.6) is 0 Å². The molecule has 6 heteroatoms. The molecule has 2 rings (SSSR count). The molecular formula is C13H16ClN3O2. The molecule has 1 unspecified atom stereocenters. The van der Waals surface area contributed by atoms with Gasteiger partial charge >= 0.3 is 0 Å². The fourth-order valence-electron chi connectivity index (χ4n) is 2.21. The number of aliphatic hydroxyl groups is 1. The first-order valence-electron chi connectivity index (χ1n) is 6.27. The van der Waals surface area contributed by atoms with Gasteiger partial charge in [-0.2, -0.15) is 5.26 Å². The number of hydrogen-bond donors (Lipinski definition) is 1. The van der Waals surface area contributed by atoms with E-state index in [9.17, 15) is 0 Å². The zero-order valence-corrected chi connectivity index (χ0v) is 11.3. The summed E-state index contributed by atoms with van der Waals surface area (Å²) in [6.45, 7) is 1.97. The molecule has 5 nitrogen and oxygen atoms in total. The van der Waals surface area contributed by atoms with Crippen LogP contribution in [-0.4, -0.2) is 42.5 Å². The molecule has 1 N–H and O–H groups in total. The normalized spacial score (nSPS) is 19.2. The number of anilines is 1. The van der Waals surface area contributed by atoms with Gasteiger partial charge in [-0.25, -0.2) is 4.98 Å². The van der Waals surface area contributed by atoms with E-state index >= 15 is 0 Å². The van der Waals surface area contributed by atoms with Crippen LogP contribution in [0.2, 0.25) is 5.02 Å². The first-order chi connectivity index (χ1) is 9.24. The Labute approximate surface area is 117 Å². The molecule has 1 fully saturated rings. The third-order valence-electron chi connectivity index (χ3n) is 3.07. The number of piperidine rings is 1. The summed E-state index contributed by atoms with van der Waals surface area (Å²) < 4.78 is 5.55. The van der Waals surface area contributed by atoms with Gasteiger partial charge in [-0.15, -0.1) is 0 Å². The van der Waals surface area contributed by atoms with Crippen molar-refractivity contribution in [3.63, 3.8) is 0 Å². The van der Waals surface area contributed by atoms with E-state index in [1.807, 2.05) is 6.07 Å². The molecule has 1 aromatic rings. The highest BCUT2D eigenvalue weighted by molar-refractivity contribution is 6.33. The highest BCUT2D eigenvalue weighted by atomic mass is 35.5. The summed E-state index contributed by atoms with van der Waals surface area (Å²) in [6, 6.07) is 3.64. The molecular weight excluding hydrogens is 266 g/mol. The maximum absolute atomic E-state index is 8.80. The number of aliphatic hydroxyl groups excluding tert-OH is 1. The van der Waals surface area contributed by atoms with Crippen molar-refractivity contribution in [1.82, 2.24) is 4.98 Å². The standard InChI is InChI=1S/C13H16ClN3O2/c14-12-6-10(7-15)8-16-13(12)17-3-1-2-11(9-17)19-5-4-18/h6,8,11,18H,1-5,9H2. The second kappa shape index (κ2) is 6.71. The minimum Gasteiger partial charge on any atom is -0.394 e. The van der Waals surface area contributed by atoms with E-state index < -0.39 is 0 Å². The Morgan fingerprint density at radius 3 is 3.16 bits per heavy atom. The van der Waals surface area contributed by atoms with Gasteiger partial charge in [-0.1, -0.05) is 11.6 Å². The molecule has 1 atom stereocenters. The molecule has 0 aliphatic carbocycles. The Morgan fingerprint density at radius 2 is 2.47 bits per heavy atom. The summed E-state index contributed by atoms with van der Waals surface area (Å²) in [5.41, 5.74) is 0.457. The van der Waals surface area contributed by atoms with E-state index in [4.69, 9.17) is 26.7 Å². The lowest BCUT2D eigenvalue weighted by molar-refractivity contribution is 0.0213. The third kappa shape index (κ3) is 3.57. The van der Waals surface area contributed by atoms with Gasteiger partial charge in [-0.05, 0) is 18.9 Å². The summed E-state index contributed by atoms with van der Waals surface area (Å²) >= 11 is 6.16. The van der Waals surface area contributed by atoms with Gasteiger partial charge in [0, 0.05) is 19.3 Å². The number of rotatable bonds is 4. The average Bonchev–Trinajstić information content (AvgIpc) is 2.45. The van der Waals surface area contributed by atoms with Crippen molar-refractivity contribution in [3.05, 3.63) is 22.8 Å². The van der Waals surface area contributed by atoms with Gasteiger partial charge in [0.15, 0.2) is 0 Å². The van der Waals surface area contributed by atoms with Crippen LogP contribution in [0.1, 0.15) is 18.4 Å². The van der Waals surface area contributed by atoms with E-state index in [-0.39, 0.29) is 12.7 Å². The predicted octanol–water partition coefficient (Wildman–Crippen LogP) is 1.58. The largest absolute Gasteiger partial charge is 0.394 e. The second-order valence-corrected chi connectivity index (χ2v) is 4.85. The summed E-state index contributed by atoms with van der Waals surface area (Å²) in [4.78, 5) is 6.32. The zero-order valence-electron chi connectivity index (χ0n) is 10.5. The van der Waals surface area contributed by atoms with Crippen molar-refractivity contribution in [1.29, 1.82) is 5.26 Å². The predicted molar refractivity (Wildman–Crippen MR) is 72.2 cm³/mol. The van der Waals surface area contributed by atoms with Crippen LogP contribution in [-0.2, 0) is 4.74 Å². The first-order valence-corrected chi connectivity index (χ1v) is 6.65.